The molecule has 3 rings (SSSR count). The van der Waals surface area contributed by atoms with Gasteiger partial charge in [-0.2, -0.15) is 0 Å². The first-order valence-electron chi connectivity index (χ1n) is 11.9. The van der Waals surface area contributed by atoms with E-state index in [1.807, 2.05) is 74.5 Å². The number of rotatable bonds is 10. The maximum atomic E-state index is 13.4. The predicted molar refractivity (Wildman–Crippen MR) is 130 cm³/mol. The van der Waals surface area contributed by atoms with E-state index in [2.05, 4.69) is 11.4 Å². The lowest BCUT2D eigenvalue weighted by atomic mass is 9.97. The molecule has 32 heavy (non-hydrogen) atoms. The number of allylic oxidation sites excluding steroid dienone is 1. The Balaban J connectivity index is 1.79. The minimum atomic E-state index is -0.548. The molecule has 0 saturated carbocycles. The van der Waals surface area contributed by atoms with Crippen LogP contribution in [0, 0.1) is 5.92 Å². The van der Waals surface area contributed by atoms with Gasteiger partial charge in [0.2, 0.25) is 11.8 Å². The number of amides is 2. The first-order chi connectivity index (χ1) is 15.5. The summed E-state index contributed by atoms with van der Waals surface area (Å²) in [5.41, 5.74) is 3.52. The third-order valence-corrected chi connectivity index (χ3v) is 6.05. The van der Waals surface area contributed by atoms with Crippen molar-refractivity contribution in [3.63, 3.8) is 0 Å². The van der Waals surface area contributed by atoms with Gasteiger partial charge < -0.3 is 10.2 Å². The predicted octanol–water partition coefficient (Wildman–Crippen LogP) is 5.29. The Bertz CT molecular complexity index is 890. The van der Waals surface area contributed by atoms with Crippen LogP contribution in [-0.2, 0) is 22.6 Å². The van der Waals surface area contributed by atoms with Gasteiger partial charge in [-0.25, -0.2) is 0 Å². The van der Waals surface area contributed by atoms with Crippen molar-refractivity contribution >= 4 is 11.8 Å². The van der Waals surface area contributed by atoms with E-state index < -0.39 is 6.04 Å². The lowest BCUT2D eigenvalue weighted by Gasteiger charge is -2.33. The third kappa shape index (κ3) is 7.08. The largest absolute Gasteiger partial charge is 0.354 e. The Labute approximate surface area is 192 Å². The smallest absolute Gasteiger partial charge is 0.243 e. The summed E-state index contributed by atoms with van der Waals surface area (Å²) in [6.45, 7) is 4.83. The van der Waals surface area contributed by atoms with E-state index >= 15 is 0 Å². The molecule has 0 aliphatic heterocycles. The average Bonchev–Trinajstić information content (AvgIpc) is 2.82. The number of nitrogens with one attached hydrogen (secondary N) is 1. The Morgan fingerprint density at radius 1 is 0.938 bits per heavy atom. The minimum Gasteiger partial charge on any atom is -0.354 e. The van der Waals surface area contributed by atoms with Crippen LogP contribution in [-0.4, -0.2) is 29.3 Å². The second-order valence-electron chi connectivity index (χ2n) is 8.96. The second kappa shape index (κ2) is 12.2. The van der Waals surface area contributed by atoms with E-state index in [1.54, 1.807) is 4.90 Å². The van der Waals surface area contributed by atoms with Crippen molar-refractivity contribution in [1.29, 1.82) is 0 Å². The van der Waals surface area contributed by atoms with Crippen molar-refractivity contribution < 1.29 is 9.59 Å². The van der Waals surface area contributed by atoms with Crippen molar-refractivity contribution in [2.24, 2.45) is 5.92 Å². The molecule has 0 spiro atoms. The van der Waals surface area contributed by atoms with Crippen LogP contribution in [0.3, 0.4) is 0 Å². The molecule has 1 aliphatic rings. The van der Waals surface area contributed by atoms with Crippen molar-refractivity contribution in [1.82, 2.24) is 10.2 Å². The molecule has 0 radical (unpaired) electrons. The molecule has 2 amide bonds. The highest BCUT2D eigenvalue weighted by atomic mass is 16.2. The van der Waals surface area contributed by atoms with Crippen LogP contribution in [0.1, 0.15) is 57.1 Å². The van der Waals surface area contributed by atoms with Gasteiger partial charge in [0.25, 0.3) is 0 Å². The molecule has 1 atom stereocenters. The third-order valence-electron chi connectivity index (χ3n) is 6.05. The summed E-state index contributed by atoms with van der Waals surface area (Å²) >= 11 is 0. The van der Waals surface area contributed by atoms with Gasteiger partial charge in [0, 0.05) is 25.4 Å². The van der Waals surface area contributed by atoms with E-state index in [9.17, 15) is 9.59 Å². The highest BCUT2D eigenvalue weighted by Crippen LogP contribution is 2.20. The molecule has 2 aromatic rings. The molecule has 0 unspecified atom stereocenters. The van der Waals surface area contributed by atoms with E-state index in [0.29, 0.717) is 19.5 Å². The Kier molecular flexibility index (Phi) is 9.09. The fraction of sp³-hybridized carbons (Fsp3) is 0.429. The normalized spacial score (nSPS) is 14.5. The number of nitrogens with zero attached hydrogens (tertiary/aromatic N) is 1. The number of hydrogen-bond acceptors (Lipinski definition) is 2. The lowest BCUT2D eigenvalue weighted by molar-refractivity contribution is -0.143. The maximum absolute atomic E-state index is 13.4. The van der Waals surface area contributed by atoms with Gasteiger partial charge in [0.1, 0.15) is 6.04 Å². The first-order valence-corrected chi connectivity index (χ1v) is 11.9. The van der Waals surface area contributed by atoms with Crippen LogP contribution in [0.15, 0.2) is 72.3 Å². The van der Waals surface area contributed by atoms with Gasteiger partial charge in [0.05, 0.1) is 0 Å². The fourth-order valence-electron chi connectivity index (χ4n) is 4.23. The van der Waals surface area contributed by atoms with Crippen LogP contribution >= 0.6 is 0 Å². The lowest BCUT2D eigenvalue weighted by Crippen LogP contribution is -2.51. The average molecular weight is 433 g/mol. The van der Waals surface area contributed by atoms with E-state index in [0.717, 1.165) is 30.4 Å². The van der Waals surface area contributed by atoms with Gasteiger partial charge in [-0.05, 0) is 43.2 Å². The topological polar surface area (TPSA) is 49.4 Å². The van der Waals surface area contributed by atoms with Crippen LogP contribution in [0.25, 0.3) is 0 Å². The molecule has 0 heterocycles. The summed E-state index contributed by atoms with van der Waals surface area (Å²) in [6, 6.07) is 19.3. The molecule has 4 nitrogen and oxygen atoms in total. The van der Waals surface area contributed by atoms with Gasteiger partial charge in [-0.15, -0.1) is 0 Å². The molecule has 0 saturated heterocycles. The monoisotopic (exact) mass is 432 g/mol. The molecule has 2 aromatic carbocycles. The van der Waals surface area contributed by atoms with Crippen LogP contribution in [0.4, 0.5) is 0 Å². The molecule has 170 valence electrons. The molecule has 1 N–H and O–H groups in total. The van der Waals surface area contributed by atoms with Gasteiger partial charge in [0.15, 0.2) is 0 Å². The Morgan fingerprint density at radius 3 is 2.19 bits per heavy atom. The zero-order valence-electron chi connectivity index (χ0n) is 19.4. The first kappa shape index (κ1) is 23.8. The SMILES string of the molecule is CC(C)C(=O)N(Cc1ccccc1)[C@@H](Cc1ccccc1)C(=O)NCCC1=CCCCC1. The van der Waals surface area contributed by atoms with Gasteiger partial charge >= 0.3 is 0 Å². The van der Waals surface area contributed by atoms with E-state index in [1.165, 1.54) is 18.4 Å². The van der Waals surface area contributed by atoms with Crippen molar-refractivity contribution in [2.75, 3.05) is 6.54 Å². The number of carbonyl (C=O) groups excluding carboxylic acids is 2. The summed E-state index contributed by atoms with van der Waals surface area (Å²) in [5.74, 6) is -0.257. The molecule has 1 aliphatic carbocycles. The van der Waals surface area contributed by atoms with Crippen LogP contribution in [0.5, 0.6) is 0 Å². The van der Waals surface area contributed by atoms with Crippen molar-refractivity contribution in [3.8, 4) is 0 Å². The summed E-state index contributed by atoms with van der Waals surface area (Å²) in [7, 11) is 0. The van der Waals surface area contributed by atoms with Crippen LogP contribution in [0.2, 0.25) is 0 Å². The Morgan fingerprint density at radius 2 is 1.59 bits per heavy atom. The van der Waals surface area contributed by atoms with Crippen molar-refractivity contribution in [3.05, 3.63) is 83.4 Å². The zero-order chi connectivity index (χ0) is 22.8. The summed E-state index contributed by atoms with van der Waals surface area (Å²) in [5, 5.41) is 3.14. The number of carbonyl (C=O) groups is 2. The van der Waals surface area contributed by atoms with Gasteiger partial charge in [-0.3, -0.25) is 9.59 Å². The number of hydrogen-bond donors (Lipinski definition) is 1. The maximum Gasteiger partial charge on any atom is 0.243 e. The standard InChI is InChI=1S/C28H36N2O2/c1-22(2)28(32)30(21-25-16-10-5-11-17-25)26(20-24-14-8-4-9-15-24)27(31)29-19-18-23-12-6-3-7-13-23/h4-5,8-12,14-17,22,26H,3,6-7,13,18-21H2,1-2H3,(H,29,31)/t26-/m0/s1. The van der Waals surface area contributed by atoms with Gasteiger partial charge in [-0.1, -0.05) is 86.2 Å². The molecule has 0 aromatic heterocycles. The number of benzene rings is 2. The zero-order valence-corrected chi connectivity index (χ0v) is 19.4. The fourth-order valence-corrected chi connectivity index (χ4v) is 4.23. The van der Waals surface area contributed by atoms with Crippen LogP contribution < -0.4 is 5.32 Å². The molecule has 4 heteroatoms. The second-order valence-corrected chi connectivity index (χ2v) is 8.96. The molecular weight excluding hydrogens is 396 g/mol. The molecule has 0 fully saturated rings. The Hall–Kier alpha value is -2.88. The van der Waals surface area contributed by atoms with E-state index in [-0.39, 0.29) is 17.7 Å². The molecule has 0 bridgehead atoms. The van der Waals surface area contributed by atoms with E-state index in [4.69, 9.17) is 0 Å². The minimum absolute atomic E-state index is 0.0000713. The summed E-state index contributed by atoms with van der Waals surface area (Å²) in [4.78, 5) is 28.4. The summed E-state index contributed by atoms with van der Waals surface area (Å²) < 4.78 is 0. The molecular formula is C28H36N2O2. The highest BCUT2D eigenvalue weighted by molar-refractivity contribution is 5.88. The summed E-state index contributed by atoms with van der Waals surface area (Å²) in [6.07, 6.45) is 8.50. The highest BCUT2D eigenvalue weighted by Gasteiger charge is 2.31. The van der Waals surface area contributed by atoms with Crippen molar-refractivity contribution in [2.45, 2.75) is 65.0 Å². The quantitative estimate of drug-likeness (QED) is 0.519.